The van der Waals surface area contributed by atoms with Crippen LogP contribution in [0.4, 0.5) is 14.5 Å². The van der Waals surface area contributed by atoms with Crippen molar-refractivity contribution in [1.82, 2.24) is 4.98 Å². The van der Waals surface area contributed by atoms with Gasteiger partial charge in [-0.1, -0.05) is 0 Å². The Morgan fingerprint density at radius 1 is 1.50 bits per heavy atom. The molecule has 9 heteroatoms. The monoisotopic (exact) mass is 248 g/mol. The predicted molar refractivity (Wildman–Crippen MR) is 49.7 cm³/mol. The van der Waals surface area contributed by atoms with E-state index in [2.05, 4.69) is 4.98 Å². The average Bonchev–Trinajstić information content (AvgIpc) is 2.15. The molecular formula is C7H6F2N4O2S. The van der Waals surface area contributed by atoms with Crippen LogP contribution in [0.5, 0.6) is 0 Å². The fraction of sp³-hybridized carbons (Fsp3) is 0.143. The van der Waals surface area contributed by atoms with Crippen LogP contribution in [0.1, 0.15) is 17.7 Å². The average molecular weight is 248 g/mol. The number of nitrogens with two attached hydrogens (primary N) is 2. The topological polar surface area (TPSA) is 123 Å². The maximum absolute atomic E-state index is 12.4. The van der Waals surface area contributed by atoms with Gasteiger partial charge >= 0.3 is 0 Å². The van der Waals surface area contributed by atoms with E-state index in [9.17, 15) is 17.2 Å². The Balaban J connectivity index is 3.58. The van der Waals surface area contributed by atoms with Crippen LogP contribution in [-0.2, 0) is 10.0 Å². The van der Waals surface area contributed by atoms with Gasteiger partial charge in [0.25, 0.3) is 16.4 Å². The number of hydrogen-bond donors (Lipinski definition) is 2. The van der Waals surface area contributed by atoms with E-state index in [0.29, 0.717) is 6.07 Å². The Kier molecular flexibility index (Phi) is 3.06. The van der Waals surface area contributed by atoms with Crippen molar-refractivity contribution in [3.8, 4) is 6.07 Å². The molecule has 0 radical (unpaired) electrons. The molecule has 0 amide bonds. The minimum atomic E-state index is -4.24. The number of rotatable bonds is 2. The lowest BCUT2D eigenvalue weighted by atomic mass is 10.2. The number of aromatic nitrogens is 1. The second kappa shape index (κ2) is 3.99. The van der Waals surface area contributed by atoms with Gasteiger partial charge in [0.2, 0.25) is 0 Å². The van der Waals surface area contributed by atoms with Gasteiger partial charge in [-0.25, -0.2) is 27.3 Å². The third-order valence-corrected chi connectivity index (χ3v) is 2.52. The number of nitrogens with zero attached hydrogens (tertiary/aromatic N) is 2. The quantitative estimate of drug-likeness (QED) is 0.769. The maximum atomic E-state index is 12.4. The van der Waals surface area contributed by atoms with Crippen molar-refractivity contribution in [2.45, 2.75) is 11.5 Å². The van der Waals surface area contributed by atoms with Gasteiger partial charge in [-0.2, -0.15) is 5.26 Å². The molecule has 0 atom stereocenters. The summed E-state index contributed by atoms with van der Waals surface area (Å²) in [7, 11) is -4.24. The van der Waals surface area contributed by atoms with Gasteiger partial charge in [-0.15, -0.1) is 0 Å². The van der Waals surface area contributed by atoms with Gasteiger partial charge in [-0.3, -0.25) is 0 Å². The first kappa shape index (κ1) is 12.3. The third kappa shape index (κ3) is 2.23. The van der Waals surface area contributed by atoms with E-state index in [0.717, 1.165) is 0 Å². The summed E-state index contributed by atoms with van der Waals surface area (Å²) in [5, 5.41) is 12.5. The van der Waals surface area contributed by atoms with Crippen LogP contribution in [0.2, 0.25) is 0 Å². The van der Waals surface area contributed by atoms with Crippen LogP contribution in [0.15, 0.2) is 11.1 Å². The zero-order valence-corrected chi connectivity index (χ0v) is 8.50. The molecule has 0 aliphatic heterocycles. The largest absolute Gasteiger partial charge is 0.396 e. The zero-order valence-electron chi connectivity index (χ0n) is 7.68. The SMILES string of the molecule is N#Cc1nc(S(N)(=O)=O)c(N)cc1C(F)F. The Bertz CT molecular complexity index is 564. The van der Waals surface area contributed by atoms with Crippen LogP contribution < -0.4 is 10.9 Å². The van der Waals surface area contributed by atoms with Crippen molar-refractivity contribution in [1.29, 1.82) is 5.26 Å². The lowest BCUT2D eigenvalue weighted by Crippen LogP contribution is -2.17. The van der Waals surface area contributed by atoms with Gasteiger partial charge < -0.3 is 5.73 Å². The number of pyridine rings is 1. The molecule has 0 unspecified atom stereocenters. The van der Waals surface area contributed by atoms with Crippen molar-refractivity contribution in [3.63, 3.8) is 0 Å². The number of primary sulfonamides is 1. The summed E-state index contributed by atoms with van der Waals surface area (Å²) < 4.78 is 46.7. The molecule has 6 nitrogen and oxygen atoms in total. The second-order valence-corrected chi connectivity index (χ2v) is 4.25. The fourth-order valence-electron chi connectivity index (χ4n) is 1.01. The Labute approximate surface area is 89.5 Å². The summed E-state index contributed by atoms with van der Waals surface area (Å²) >= 11 is 0. The lowest BCUT2D eigenvalue weighted by molar-refractivity contribution is 0.150. The molecule has 0 bridgehead atoms. The number of hydrogen-bond acceptors (Lipinski definition) is 5. The lowest BCUT2D eigenvalue weighted by Gasteiger charge is -2.07. The summed E-state index contributed by atoms with van der Waals surface area (Å²) in [6.07, 6.45) is -2.97. The number of nitriles is 1. The Morgan fingerprint density at radius 3 is 2.44 bits per heavy atom. The van der Waals surface area contributed by atoms with Crippen LogP contribution in [0.25, 0.3) is 0 Å². The standard InChI is InChI=1S/C7H6F2N4O2S/c8-6(9)3-1-4(11)7(16(12,14)15)13-5(3)2-10/h1,6H,11H2,(H2,12,14,15). The summed E-state index contributed by atoms with van der Waals surface area (Å²) in [6, 6.07) is 2.03. The first-order valence-electron chi connectivity index (χ1n) is 3.79. The van der Waals surface area contributed by atoms with E-state index in [1.54, 1.807) is 0 Å². The highest BCUT2D eigenvalue weighted by Crippen LogP contribution is 2.26. The predicted octanol–water partition coefficient (Wildman–Crippen LogP) is 0.120. The summed E-state index contributed by atoms with van der Waals surface area (Å²) in [6.45, 7) is 0. The van der Waals surface area contributed by atoms with Gasteiger partial charge in [0.05, 0.1) is 11.3 Å². The van der Waals surface area contributed by atoms with Gasteiger partial charge in [-0.05, 0) is 6.07 Å². The van der Waals surface area contributed by atoms with Crippen molar-refractivity contribution in [2.75, 3.05) is 5.73 Å². The number of alkyl halides is 2. The van der Waals surface area contributed by atoms with Gasteiger partial charge in [0.1, 0.15) is 6.07 Å². The summed E-state index contributed by atoms with van der Waals surface area (Å²) in [5.41, 5.74) is 3.24. The molecule has 0 fully saturated rings. The number of nitrogen functional groups attached to an aromatic ring is 1. The molecule has 0 saturated carbocycles. The molecule has 1 aromatic rings. The van der Waals surface area contributed by atoms with Crippen LogP contribution in [0.3, 0.4) is 0 Å². The number of sulfonamides is 1. The van der Waals surface area contributed by atoms with E-state index in [-0.39, 0.29) is 0 Å². The molecule has 4 N–H and O–H groups in total. The molecule has 1 rings (SSSR count). The zero-order chi connectivity index (χ0) is 12.5. The molecular weight excluding hydrogens is 242 g/mol. The highest BCUT2D eigenvalue weighted by Gasteiger charge is 2.22. The van der Waals surface area contributed by atoms with Crippen molar-refractivity contribution in [3.05, 3.63) is 17.3 Å². The Morgan fingerprint density at radius 2 is 2.06 bits per heavy atom. The molecule has 86 valence electrons. The van der Waals surface area contributed by atoms with Gasteiger partial charge in [0.15, 0.2) is 10.7 Å². The molecule has 1 aromatic heterocycles. The first-order valence-corrected chi connectivity index (χ1v) is 5.33. The van der Waals surface area contributed by atoms with E-state index in [1.807, 2.05) is 0 Å². The molecule has 0 aromatic carbocycles. The molecule has 0 saturated heterocycles. The minimum Gasteiger partial charge on any atom is -0.396 e. The normalized spacial score (nSPS) is 11.4. The Hall–Kier alpha value is -1.79. The molecule has 16 heavy (non-hydrogen) atoms. The fourth-order valence-corrected chi connectivity index (χ4v) is 1.62. The first-order chi connectivity index (χ1) is 7.27. The maximum Gasteiger partial charge on any atom is 0.266 e. The van der Waals surface area contributed by atoms with Crippen LogP contribution >= 0.6 is 0 Å². The number of anilines is 1. The molecule has 0 aliphatic carbocycles. The highest BCUT2D eigenvalue weighted by atomic mass is 32.2. The van der Waals surface area contributed by atoms with Gasteiger partial charge in [0, 0.05) is 0 Å². The molecule has 0 aliphatic rings. The third-order valence-electron chi connectivity index (χ3n) is 1.66. The van der Waals surface area contributed by atoms with Crippen LogP contribution in [-0.4, -0.2) is 13.4 Å². The van der Waals surface area contributed by atoms with E-state index in [1.165, 1.54) is 6.07 Å². The molecule has 1 heterocycles. The molecule has 0 spiro atoms. The van der Waals surface area contributed by atoms with Crippen molar-refractivity contribution >= 4 is 15.7 Å². The van der Waals surface area contributed by atoms with E-state index in [4.69, 9.17) is 16.1 Å². The van der Waals surface area contributed by atoms with Crippen molar-refractivity contribution < 1.29 is 17.2 Å². The second-order valence-electron chi connectivity index (χ2n) is 2.78. The minimum absolute atomic E-state index is 0.517. The van der Waals surface area contributed by atoms with Crippen molar-refractivity contribution in [2.24, 2.45) is 5.14 Å². The summed E-state index contributed by atoms with van der Waals surface area (Å²) in [4.78, 5) is 3.20. The van der Waals surface area contributed by atoms with Crippen LogP contribution in [0, 0.1) is 11.3 Å². The van der Waals surface area contributed by atoms with E-state index >= 15 is 0 Å². The highest BCUT2D eigenvalue weighted by molar-refractivity contribution is 7.89. The summed E-state index contributed by atoms with van der Waals surface area (Å²) in [5.74, 6) is 0. The van der Waals surface area contributed by atoms with E-state index < -0.39 is 38.4 Å². The smallest absolute Gasteiger partial charge is 0.266 e. The number of halogens is 2.